The fraction of sp³-hybridized carbons (Fsp3) is 0.692. The molecule has 1 aromatic rings. The highest BCUT2D eigenvalue weighted by Gasteiger charge is 2.25. The smallest absolute Gasteiger partial charge is 0.309 e. The van der Waals surface area contributed by atoms with Crippen molar-refractivity contribution >= 4 is 12.4 Å². The number of aryl methyl sites for hydroxylation is 3. The van der Waals surface area contributed by atoms with Crippen molar-refractivity contribution in [2.24, 2.45) is 5.41 Å². The van der Waals surface area contributed by atoms with Crippen LogP contribution in [0.25, 0.3) is 0 Å². The van der Waals surface area contributed by atoms with Crippen LogP contribution in [0.2, 0.25) is 0 Å². The van der Waals surface area contributed by atoms with Crippen LogP contribution in [0.4, 0.5) is 0 Å². The zero-order valence-corrected chi connectivity index (χ0v) is 20.0. The largest absolute Gasteiger partial charge is 0.481 e. The van der Waals surface area contributed by atoms with Crippen LogP contribution >= 0.6 is 0 Å². The number of hydrogen-bond donors (Lipinski definition) is 1. The molecule has 0 saturated heterocycles. The summed E-state index contributed by atoms with van der Waals surface area (Å²) in [6, 6.07) is 4.67. The molecule has 0 heterocycles. The van der Waals surface area contributed by atoms with Gasteiger partial charge in [0.05, 0.1) is 5.41 Å². The van der Waals surface area contributed by atoms with E-state index in [2.05, 4.69) is 26.0 Å². The molecule has 0 aliphatic carbocycles. The summed E-state index contributed by atoms with van der Waals surface area (Å²) in [7, 11) is 0. The van der Waals surface area contributed by atoms with Crippen LogP contribution in [0.1, 0.15) is 101 Å². The lowest BCUT2D eigenvalue weighted by Crippen LogP contribution is -2.23. The molecular weight excluding hydrogens is 376 g/mol. The van der Waals surface area contributed by atoms with E-state index in [-0.39, 0.29) is 5.60 Å². The lowest BCUT2D eigenvalue weighted by atomic mass is 9.87. The van der Waals surface area contributed by atoms with Gasteiger partial charge in [0.15, 0.2) is 0 Å². The third kappa shape index (κ3) is 9.32. The molecule has 0 aliphatic heterocycles. The summed E-state index contributed by atoms with van der Waals surface area (Å²) in [5.74, 6) is -0.703. The van der Waals surface area contributed by atoms with E-state index >= 15 is 0 Å². The Kier molecular flexibility index (Phi) is 10.6. The zero-order chi connectivity index (χ0) is 22.8. The van der Waals surface area contributed by atoms with Crippen molar-refractivity contribution in [3.63, 3.8) is 0 Å². The topological polar surface area (TPSA) is 63.6 Å². The van der Waals surface area contributed by atoms with Crippen molar-refractivity contribution in [2.75, 3.05) is 0 Å². The van der Waals surface area contributed by atoms with Gasteiger partial charge in [0.2, 0.25) is 0 Å². The Morgan fingerprint density at radius 3 is 2.17 bits per heavy atom. The van der Waals surface area contributed by atoms with E-state index < -0.39 is 11.4 Å². The van der Waals surface area contributed by atoms with Gasteiger partial charge in [-0.2, -0.15) is 0 Å². The van der Waals surface area contributed by atoms with Gasteiger partial charge in [-0.25, -0.2) is 0 Å². The van der Waals surface area contributed by atoms with E-state index in [1.807, 2.05) is 27.7 Å². The summed E-state index contributed by atoms with van der Waals surface area (Å²) in [6.45, 7) is 12.5. The molecule has 0 radical (unpaired) electrons. The number of carboxylic acid groups (broad SMARTS) is 1. The Morgan fingerprint density at radius 1 is 0.933 bits per heavy atom. The molecule has 0 fully saturated rings. The number of aliphatic carboxylic acids is 1. The van der Waals surface area contributed by atoms with E-state index in [1.165, 1.54) is 22.3 Å². The minimum absolute atomic E-state index is 0.379. The van der Waals surface area contributed by atoms with E-state index in [9.17, 15) is 14.7 Å². The van der Waals surface area contributed by atoms with Gasteiger partial charge in [0, 0.05) is 0 Å². The van der Waals surface area contributed by atoms with Crippen molar-refractivity contribution in [1.82, 2.24) is 0 Å². The van der Waals surface area contributed by atoms with E-state index in [1.54, 1.807) is 0 Å². The molecule has 0 spiro atoms. The van der Waals surface area contributed by atoms with Crippen molar-refractivity contribution in [1.29, 1.82) is 0 Å². The van der Waals surface area contributed by atoms with E-state index in [0.717, 1.165) is 64.2 Å². The van der Waals surface area contributed by atoms with Crippen LogP contribution in [-0.4, -0.2) is 23.1 Å². The molecule has 0 bridgehead atoms. The molecule has 0 saturated carbocycles. The number of carbonyl (C=O) groups excluding carboxylic acids is 1. The van der Waals surface area contributed by atoms with Gasteiger partial charge in [0.25, 0.3) is 6.47 Å². The van der Waals surface area contributed by atoms with Crippen LogP contribution in [0.5, 0.6) is 0 Å². The van der Waals surface area contributed by atoms with Gasteiger partial charge < -0.3 is 9.84 Å². The maximum Gasteiger partial charge on any atom is 0.309 e. The highest BCUT2D eigenvalue weighted by Crippen LogP contribution is 2.25. The Morgan fingerprint density at radius 2 is 1.53 bits per heavy atom. The normalized spacial score (nSPS) is 12.1. The number of hydrogen-bond acceptors (Lipinski definition) is 3. The average Bonchev–Trinajstić information content (AvgIpc) is 2.65. The predicted octanol–water partition coefficient (Wildman–Crippen LogP) is 6.57. The Labute approximate surface area is 183 Å². The summed E-state index contributed by atoms with van der Waals surface area (Å²) in [5, 5.41) is 9.20. The van der Waals surface area contributed by atoms with Gasteiger partial charge in [-0.1, -0.05) is 31.4 Å². The fourth-order valence-electron chi connectivity index (χ4n) is 3.83. The summed E-state index contributed by atoms with van der Waals surface area (Å²) in [4.78, 5) is 21.7. The van der Waals surface area contributed by atoms with Crippen molar-refractivity contribution in [2.45, 2.75) is 111 Å². The van der Waals surface area contributed by atoms with Gasteiger partial charge in [-0.05, 0) is 109 Å². The SMILES string of the molecule is Cc1cc(CCCCC(C)(C)OC=O)cc(CCCCCCC(C)(C)C(=O)O)c1C. The summed E-state index contributed by atoms with van der Waals surface area (Å²) >= 11 is 0. The first kappa shape index (κ1) is 26.2. The quantitative estimate of drug-likeness (QED) is 0.258. The fourth-order valence-corrected chi connectivity index (χ4v) is 3.83. The Hall–Kier alpha value is -1.84. The van der Waals surface area contributed by atoms with Crippen LogP contribution < -0.4 is 0 Å². The molecule has 0 atom stereocenters. The molecule has 0 aliphatic rings. The van der Waals surface area contributed by atoms with Crippen LogP contribution in [0, 0.1) is 19.3 Å². The number of rotatable bonds is 15. The van der Waals surface area contributed by atoms with Gasteiger partial charge in [0.1, 0.15) is 5.60 Å². The molecule has 0 unspecified atom stereocenters. The lowest BCUT2D eigenvalue weighted by Gasteiger charge is -2.22. The molecule has 4 nitrogen and oxygen atoms in total. The second kappa shape index (κ2) is 12.1. The van der Waals surface area contributed by atoms with Gasteiger partial charge in [-0.3, -0.25) is 9.59 Å². The number of carbonyl (C=O) groups is 2. The van der Waals surface area contributed by atoms with Crippen molar-refractivity contribution < 1.29 is 19.4 Å². The van der Waals surface area contributed by atoms with Crippen LogP contribution in [0.3, 0.4) is 0 Å². The first-order valence-electron chi connectivity index (χ1n) is 11.4. The Balaban J connectivity index is 2.45. The standard InChI is InChI=1S/C26H42O4/c1-20-17-22(13-10-12-16-26(5,6)30-19-27)18-23(21(20)2)14-9-7-8-11-15-25(3,4)24(28)29/h17-19H,7-16H2,1-6H3,(H,28,29). The molecule has 30 heavy (non-hydrogen) atoms. The zero-order valence-electron chi connectivity index (χ0n) is 20.0. The maximum absolute atomic E-state index is 11.2. The Bertz CT molecular complexity index is 689. The monoisotopic (exact) mass is 418 g/mol. The van der Waals surface area contributed by atoms with Crippen molar-refractivity contribution in [3.05, 3.63) is 34.4 Å². The number of carboxylic acids is 1. The molecule has 0 amide bonds. The van der Waals surface area contributed by atoms with E-state index in [4.69, 9.17) is 4.74 Å². The highest BCUT2D eigenvalue weighted by atomic mass is 16.5. The van der Waals surface area contributed by atoms with Gasteiger partial charge in [-0.15, -0.1) is 0 Å². The molecule has 4 heteroatoms. The number of unbranched alkanes of at least 4 members (excludes halogenated alkanes) is 4. The minimum Gasteiger partial charge on any atom is -0.481 e. The second-order valence-electron chi connectivity index (χ2n) is 9.98. The number of ether oxygens (including phenoxy) is 1. The minimum atomic E-state index is -0.703. The average molecular weight is 419 g/mol. The van der Waals surface area contributed by atoms with Crippen LogP contribution in [0.15, 0.2) is 12.1 Å². The predicted molar refractivity (Wildman–Crippen MR) is 123 cm³/mol. The maximum atomic E-state index is 11.2. The molecule has 1 aromatic carbocycles. The van der Waals surface area contributed by atoms with E-state index in [0.29, 0.717) is 6.47 Å². The molecule has 1 N–H and O–H groups in total. The first-order chi connectivity index (χ1) is 14.0. The third-order valence-electron chi connectivity index (χ3n) is 6.27. The lowest BCUT2D eigenvalue weighted by molar-refractivity contribution is -0.147. The third-order valence-corrected chi connectivity index (χ3v) is 6.27. The highest BCUT2D eigenvalue weighted by molar-refractivity contribution is 5.73. The molecule has 1 rings (SSSR count). The molecular formula is C26H42O4. The molecule has 0 aromatic heterocycles. The summed E-state index contributed by atoms with van der Waals surface area (Å²) in [5.41, 5.74) is 4.60. The molecule has 170 valence electrons. The first-order valence-corrected chi connectivity index (χ1v) is 11.4. The second-order valence-corrected chi connectivity index (χ2v) is 9.98. The number of benzene rings is 1. The van der Waals surface area contributed by atoms with Crippen LogP contribution in [-0.2, 0) is 27.2 Å². The van der Waals surface area contributed by atoms with Crippen molar-refractivity contribution in [3.8, 4) is 0 Å². The summed E-state index contributed by atoms with van der Waals surface area (Å²) < 4.78 is 5.13. The van der Waals surface area contributed by atoms with Gasteiger partial charge >= 0.3 is 5.97 Å². The summed E-state index contributed by atoms with van der Waals surface area (Å²) in [6.07, 6.45) is 10.2.